The Labute approximate surface area is 106 Å². The third-order valence-electron chi connectivity index (χ3n) is 2.63. The number of hydrogen-bond donors (Lipinski definition) is 2. The zero-order valence-electron chi connectivity index (χ0n) is 10.4. The van der Waals surface area contributed by atoms with Crippen molar-refractivity contribution in [1.82, 2.24) is 0 Å². The second-order valence-corrected chi connectivity index (χ2v) is 4.35. The molecule has 0 bridgehead atoms. The number of carbonyl (C=O) groups excluding carboxylic acids is 1. The number of amides is 1. The molecular formula is C15H15NO2. The van der Waals surface area contributed by atoms with E-state index in [9.17, 15) is 9.90 Å². The minimum Gasteiger partial charge on any atom is -0.507 e. The minimum atomic E-state index is -0.307. The van der Waals surface area contributed by atoms with Gasteiger partial charge in [0.05, 0.1) is 5.56 Å². The molecule has 0 unspecified atom stereocenters. The molecular weight excluding hydrogens is 226 g/mol. The van der Waals surface area contributed by atoms with Crippen LogP contribution in [0.1, 0.15) is 21.5 Å². The maximum absolute atomic E-state index is 12.0. The van der Waals surface area contributed by atoms with Crippen LogP contribution < -0.4 is 5.32 Å². The van der Waals surface area contributed by atoms with Gasteiger partial charge in [-0.05, 0) is 49.2 Å². The van der Waals surface area contributed by atoms with E-state index >= 15 is 0 Å². The predicted molar refractivity (Wildman–Crippen MR) is 72.0 cm³/mol. The van der Waals surface area contributed by atoms with Crippen molar-refractivity contribution < 1.29 is 9.90 Å². The summed E-state index contributed by atoms with van der Waals surface area (Å²) in [5.41, 5.74) is 3.18. The lowest BCUT2D eigenvalue weighted by Gasteiger charge is -2.08. The molecule has 2 rings (SSSR count). The van der Waals surface area contributed by atoms with E-state index in [1.165, 1.54) is 6.07 Å². The molecule has 92 valence electrons. The number of aryl methyl sites for hydroxylation is 2. The summed E-state index contributed by atoms with van der Waals surface area (Å²) in [5.74, 6) is -0.322. The second kappa shape index (κ2) is 4.92. The van der Waals surface area contributed by atoms with Gasteiger partial charge in [-0.2, -0.15) is 0 Å². The average molecular weight is 241 g/mol. The first kappa shape index (κ1) is 12.2. The van der Waals surface area contributed by atoms with E-state index in [1.807, 2.05) is 32.0 Å². The van der Waals surface area contributed by atoms with Gasteiger partial charge in [-0.25, -0.2) is 0 Å². The van der Waals surface area contributed by atoms with E-state index in [-0.39, 0.29) is 17.2 Å². The molecule has 2 aromatic carbocycles. The summed E-state index contributed by atoms with van der Waals surface area (Å²) in [6, 6.07) is 12.3. The smallest absolute Gasteiger partial charge is 0.259 e. The zero-order valence-corrected chi connectivity index (χ0v) is 10.4. The van der Waals surface area contributed by atoms with Crippen molar-refractivity contribution in [2.75, 3.05) is 5.32 Å². The molecule has 0 saturated carbocycles. The first-order valence-electron chi connectivity index (χ1n) is 5.74. The molecule has 1 amide bonds. The molecule has 2 N–H and O–H groups in total. The fraction of sp³-hybridized carbons (Fsp3) is 0.133. The monoisotopic (exact) mass is 241 g/mol. The van der Waals surface area contributed by atoms with Crippen LogP contribution in [-0.2, 0) is 0 Å². The van der Waals surface area contributed by atoms with Crippen LogP contribution in [-0.4, -0.2) is 11.0 Å². The fourth-order valence-electron chi connectivity index (χ4n) is 1.91. The van der Waals surface area contributed by atoms with E-state index in [0.29, 0.717) is 0 Å². The molecule has 0 saturated heterocycles. The van der Waals surface area contributed by atoms with Gasteiger partial charge in [-0.15, -0.1) is 0 Å². The SMILES string of the molecule is Cc1cc(C)cc(NC(=O)c2ccccc2O)c1. The number of rotatable bonds is 2. The molecule has 3 nitrogen and oxygen atoms in total. The summed E-state index contributed by atoms with van der Waals surface area (Å²) in [5, 5.41) is 12.4. The van der Waals surface area contributed by atoms with Gasteiger partial charge in [-0.3, -0.25) is 4.79 Å². The quantitative estimate of drug-likeness (QED) is 0.847. The molecule has 2 aromatic rings. The lowest BCUT2D eigenvalue weighted by Crippen LogP contribution is -2.12. The molecule has 0 aromatic heterocycles. The van der Waals surface area contributed by atoms with Crippen molar-refractivity contribution in [2.45, 2.75) is 13.8 Å². The zero-order chi connectivity index (χ0) is 13.1. The highest BCUT2D eigenvalue weighted by atomic mass is 16.3. The van der Waals surface area contributed by atoms with Crippen LogP contribution in [0.4, 0.5) is 5.69 Å². The highest BCUT2D eigenvalue weighted by Gasteiger charge is 2.10. The van der Waals surface area contributed by atoms with E-state index in [4.69, 9.17) is 0 Å². The lowest BCUT2D eigenvalue weighted by molar-refractivity contribution is 0.102. The standard InChI is InChI=1S/C15H15NO2/c1-10-7-11(2)9-12(8-10)16-15(18)13-5-3-4-6-14(13)17/h3-9,17H,1-2H3,(H,16,18). The Kier molecular flexibility index (Phi) is 3.33. The lowest BCUT2D eigenvalue weighted by atomic mass is 10.1. The van der Waals surface area contributed by atoms with Crippen LogP contribution in [0, 0.1) is 13.8 Å². The molecule has 18 heavy (non-hydrogen) atoms. The fourth-order valence-corrected chi connectivity index (χ4v) is 1.91. The van der Waals surface area contributed by atoms with E-state index in [2.05, 4.69) is 5.32 Å². The van der Waals surface area contributed by atoms with Gasteiger partial charge in [0.2, 0.25) is 0 Å². The van der Waals surface area contributed by atoms with Crippen LogP contribution >= 0.6 is 0 Å². The van der Waals surface area contributed by atoms with Gasteiger partial charge in [0, 0.05) is 5.69 Å². The first-order chi connectivity index (χ1) is 8.56. The van der Waals surface area contributed by atoms with Crippen molar-refractivity contribution in [2.24, 2.45) is 0 Å². The van der Waals surface area contributed by atoms with Gasteiger partial charge in [0.1, 0.15) is 5.75 Å². The Hall–Kier alpha value is -2.29. The molecule has 0 heterocycles. The molecule has 3 heteroatoms. The van der Waals surface area contributed by atoms with Crippen LogP contribution in [0.3, 0.4) is 0 Å². The second-order valence-electron chi connectivity index (χ2n) is 4.35. The summed E-state index contributed by atoms with van der Waals surface area (Å²) in [6.07, 6.45) is 0. The molecule has 0 fully saturated rings. The van der Waals surface area contributed by atoms with Crippen LogP contribution in [0.15, 0.2) is 42.5 Å². The average Bonchev–Trinajstić information content (AvgIpc) is 2.27. The van der Waals surface area contributed by atoms with Gasteiger partial charge in [0.25, 0.3) is 5.91 Å². The number of benzene rings is 2. The summed E-state index contributed by atoms with van der Waals surface area (Å²) in [4.78, 5) is 12.0. The Bertz CT molecular complexity index is 571. The third kappa shape index (κ3) is 2.69. The highest BCUT2D eigenvalue weighted by molar-refractivity contribution is 6.06. The largest absolute Gasteiger partial charge is 0.507 e. The Morgan fingerprint density at radius 3 is 2.28 bits per heavy atom. The van der Waals surface area contributed by atoms with Crippen molar-refractivity contribution >= 4 is 11.6 Å². The van der Waals surface area contributed by atoms with E-state index in [1.54, 1.807) is 18.2 Å². The molecule has 0 radical (unpaired) electrons. The van der Waals surface area contributed by atoms with Crippen molar-refractivity contribution in [3.63, 3.8) is 0 Å². The number of phenols is 1. The van der Waals surface area contributed by atoms with Crippen LogP contribution in [0.5, 0.6) is 5.75 Å². The Balaban J connectivity index is 2.24. The van der Waals surface area contributed by atoms with Gasteiger partial charge >= 0.3 is 0 Å². The summed E-state index contributed by atoms with van der Waals surface area (Å²) < 4.78 is 0. The number of anilines is 1. The first-order valence-corrected chi connectivity index (χ1v) is 5.74. The number of nitrogens with one attached hydrogen (secondary N) is 1. The Morgan fingerprint density at radius 2 is 1.67 bits per heavy atom. The van der Waals surface area contributed by atoms with Gasteiger partial charge in [0.15, 0.2) is 0 Å². The third-order valence-corrected chi connectivity index (χ3v) is 2.63. The van der Waals surface area contributed by atoms with Crippen molar-refractivity contribution in [1.29, 1.82) is 0 Å². The van der Waals surface area contributed by atoms with Gasteiger partial charge in [-0.1, -0.05) is 18.2 Å². The minimum absolute atomic E-state index is 0.0145. The van der Waals surface area contributed by atoms with E-state index < -0.39 is 0 Å². The summed E-state index contributed by atoms with van der Waals surface area (Å²) in [7, 11) is 0. The van der Waals surface area contributed by atoms with Crippen molar-refractivity contribution in [3.8, 4) is 5.75 Å². The number of aromatic hydroxyl groups is 1. The molecule has 0 aliphatic rings. The van der Waals surface area contributed by atoms with Gasteiger partial charge < -0.3 is 10.4 Å². The predicted octanol–water partition coefficient (Wildman–Crippen LogP) is 3.26. The molecule has 0 aliphatic heterocycles. The maximum atomic E-state index is 12.0. The number of hydrogen-bond acceptors (Lipinski definition) is 2. The normalized spacial score (nSPS) is 10.1. The van der Waals surface area contributed by atoms with Crippen molar-refractivity contribution in [3.05, 3.63) is 59.2 Å². The number of para-hydroxylation sites is 1. The topological polar surface area (TPSA) is 49.3 Å². The maximum Gasteiger partial charge on any atom is 0.259 e. The number of phenolic OH excluding ortho intramolecular Hbond substituents is 1. The molecule has 0 atom stereocenters. The van der Waals surface area contributed by atoms with Crippen LogP contribution in [0.25, 0.3) is 0 Å². The highest BCUT2D eigenvalue weighted by Crippen LogP contribution is 2.19. The Morgan fingerprint density at radius 1 is 1.06 bits per heavy atom. The summed E-state index contributed by atoms with van der Waals surface area (Å²) >= 11 is 0. The molecule has 0 spiro atoms. The molecule has 0 aliphatic carbocycles. The summed E-state index contributed by atoms with van der Waals surface area (Å²) in [6.45, 7) is 3.95. The van der Waals surface area contributed by atoms with E-state index in [0.717, 1.165) is 16.8 Å². The number of carbonyl (C=O) groups is 1. The van der Waals surface area contributed by atoms with Crippen LogP contribution in [0.2, 0.25) is 0 Å².